The highest BCUT2D eigenvalue weighted by atomic mass is 16.6. The van der Waals surface area contributed by atoms with Crippen LogP contribution in [0.4, 0.5) is 0 Å². The molecule has 1 aliphatic heterocycles. The summed E-state index contributed by atoms with van der Waals surface area (Å²) in [5.74, 6) is -1.92. The van der Waals surface area contributed by atoms with Gasteiger partial charge in [-0.15, -0.1) is 0 Å². The third-order valence-electron chi connectivity index (χ3n) is 4.02. The number of ether oxygens (including phenoxy) is 1. The highest BCUT2D eigenvalue weighted by Crippen LogP contribution is 2.31. The van der Waals surface area contributed by atoms with E-state index in [4.69, 9.17) is 10.5 Å². The van der Waals surface area contributed by atoms with Crippen LogP contribution in [0.15, 0.2) is 24.5 Å². The van der Waals surface area contributed by atoms with Gasteiger partial charge in [0.1, 0.15) is 11.6 Å². The standard InChI is InChI=1S/C17H25N3O4/c1-17(2,3)24-16(23)12-5-4-10-20(14(12)18)13(15(21)22)11-6-8-19-9-7-11/h6-9,12-14H,4-5,10,18H2,1-3H3,(H,21,22)/t12-,13+,14+/m1/s1. The Kier molecular flexibility index (Phi) is 5.56. The number of hydrogen-bond donors (Lipinski definition) is 2. The van der Waals surface area contributed by atoms with Crippen molar-refractivity contribution in [2.45, 2.75) is 51.4 Å². The van der Waals surface area contributed by atoms with Gasteiger partial charge < -0.3 is 15.6 Å². The monoisotopic (exact) mass is 335 g/mol. The number of aliphatic carboxylic acids is 1. The molecule has 3 N–H and O–H groups in total. The summed E-state index contributed by atoms with van der Waals surface area (Å²) < 4.78 is 5.44. The van der Waals surface area contributed by atoms with Gasteiger partial charge in [0.05, 0.1) is 12.1 Å². The quantitative estimate of drug-likeness (QED) is 0.804. The summed E-state index contributed by atoms with van der Waals surface area (Å²) in [6, 6.07) is 2.40. The van der Waals surface area contributed by atoms with Crippen molar-refractivity contribution in [1.29, 1.82) is 0 Å². The number of rotatable bonds is 4. The van der Waals surface area contributed by atoms with Gasteiger partial charge >= 0.3 is 11.9 Å². The molecule has 2 heterocycles. The number of carboxylic acids is 1. The summed E-state index contributed by atoms with van der Waals surface area (Å²) >= 11 is 0. The van der Waals surface area contributed by atoms with E-state index in [0.717, 1.165) is 0 Å². The van der Waals surface area contributed by atoms with E-state index in [1.165, 1.54) is 0 Å². The van der Waals surface area contributed by atoms with Crippen LogP contribution >= 0.6 is 0 Å². The summed E-state index contributed by atoms with van der Waals surface area (Å²) in [4.78, 5) is 29.8. The molecule has 132 valence electrons. The lowest BCUT2D eigenvalue weighted by Crippen LogP contribution is -2.56. The highest BCUT2D eigenvalue weighted by molar-refractivity contribution is 5.77. The number of aromatic nitrogens is 1. The smallest absolute Gasteiger partial charge is 0.325 e. The van der Waals surface area contributed by atoms with E-state index in [0.29, 0.717) is 24.9 Å². The van der Waals surface area contributed by atoms with Crippen LogP contribution in [0.25, 0.3) is 0 Å². The topological polar surface area (TPSA) is 106 Å². The highest BCUT2D eigenvalue weighted by Gasteiger charge is 2.41. The molecule has 0 aliphatic carbocycles. The average Bonchev–Trinajstić information content (AvgIpc) is 2.48. The van der Waals surface area contributed by atoms with Gasteiger partial charge in [0.15, 0.2) is 0 Å². The SMILES string of the molecule is CC(C)(C)OC(=O)[C@@H]1CCCN([C@H](C(=O)O)c2ccncc2)[C@@H]1N. The van der Waals surface area contributed by atoms with Crippen molar-refractivity contribution in [3.8, 4) is 0 Å². The van der Waals surface area contributed by atoms with Crippen LogP contribution in [0, 0.1) is 5.92 Å². The Bertz CT molecular complexity index is 585. The van der Waals surface area contributed by atoms with Gasteiger partial charge in [0.25, 0.3) is 0 Å². The second-order valence-electron chi connectivity index (χ2n) is 7.03. The third-order valence-corrected chi connectivity index (χ3v) is 4.02. The van der Waals surface area contributed by atoms with Crippen LogP contribution in [0.2, 0.25) is 0 Å². The lowest BCUT2D eigenvalue weighted by atomic mass is 9.91. The number of likely N-dealkylation sites (tertiary alicyclic amines) is 1. The molecule has 1 aromatic rings. The van der Waals surface area contributed by atoms with E-state index in [2.05, 4.69) is 4.98 Å². The molecule has 0 bridgehead atoms. The summed E-state index contributed by atoms with van der Waals surface area (Å²) in [5, 5.41) is 9.67. The number of hydrogen-bond acceptors (Lipinski definition) is 6. The minimum Gasteiger partial charge on any atom is -0.480 e. The predicted octanol–water partition coefficient (Wildman–Crippen LogP) is 1.55. The fourth-order valence-corrected chi connectivity index (χ4v) is 3.00. The molecule has 0 radical (unpaired) electrons. The summed E-state index contributed by atoms with van der Waals surface area (Å²) in [5.41, 5.74) is 6.26. The van der Waals surface area contributed by atoms with Gasteiger partial charge in [-0.3, -0.25) is 19.5 Å². The van der Waals surface area contributed by atoms with Crippen LogP contribution in [0.3, 0.4) is 0 Å². The van der Waals surface area contributed by atoms with Gasteiger partial charge in [-0.1, -0.05) is 0 Å². The molecule has 7 nitrogen and oxygen atoms in total. The molecule has 2 rings (SSSR count). The van der Waals surface area contributed by atoms with Crippen molar-refractivity contribution in [1.82, 2.24) is 9.88 Å². The Labute approximate surface area is 141 Å². The van der Waals surface area contributed by atoms with E-state index in [-0.39, 0.29) is 5.97 Å². The van der Waals surface area contributed by atoms with Gasteiger partial charge in [0, 0.05) is 18.9 Å². The van der Waals surface area contributed by atoms with E-state index < -0.39 is 29.7 Å². The lowest BCUT2D eigenvalue weighted by Gasteiger charge is -2.41. The Morgan fingerprint density at radius 1 is 1.38 bits per heavy atom. The van der Waals surface area contributed by atoms with Crippen molar-refractivity contribution < 1.29 is 19.4 Å². The maximum absolute atomic E-state index is 12.4. The van der Waals surface area contributed by atoms with Crippen LogP contribution in [-0.4, -0.2) is 45.2 Å². The van der Waals surface area contributed by atoms with Gasteiger partial charge in [-0.2, -0.15) is 0 Å². The Morgan fingerprint density at radius 2 is 2.00 bits per heavy atom. The normalized spacial score (nSPS) is 23.5. The molecular weight excluding hydrogens is 310 g/mol. The zero-order valence-corrected chi connectivity index (χ0v) is 14.3. The van der Waals surface area contributed by atoms with E-state index in [9.17, 15) is 14.7 Å². The van der Waals surface area contributed by atoms with Gasteiger partial charge in [-0.25, -0.2) is 0 Å². The zero-order valence-electron chi connectivity index (χ0n) is 14.3. The number of carbonyl (C=O) groups excluding carboxylic acids is 1. The maximum atomic E-state index is 12.4. The van der Waals surface area contributed by atoms with Crippen LogP contribution in [0.5, 0.6) is 0 Å². The van der Waals surface area contributed by atoms with Crippen molar-refractivity contribution in [3.05, 3.63) is 30.1 Å². The number of nitrogens with zero attached hydrogens (tertiary/aromatic N) is 2. The van der Waals surface area contributed by atoms with Crippen LogP contribution < -0.4 is 5.73 Å². The summed E-state index contributed by atoms with van der Waals surface area (Å²) in [6.07, 6.45) is 3.67. The number of carboxylic acid groups (broad SMARTS) is 1. The summed E-state index contributed by atoms with van der Waals surface area (Å²) in [6.45, 7) is 5.91. The number of pyridine rings is 1. The number of piperidine rings is 1. The molecule has 7 heteroatoms. The van der Waals surface area contributed by atoms with E-state index in [1.54, 1.807) is 50.2 Å². The molecule has 0 unspecified atom stereocenters. The predicted molar refractivity (Wildman–Crippen MR) is 87.9 cm³/mol. The van der Waals surface area contributed by atoms with Gasteiger partial charge in [-0.05, 0) is 51.3 Å². The fourth-order valence-electron chi connectivity index (χ4n) is 3.00. The van der Waals surface area contributed by atoms with Crippen LogP contribution in [0.1, 0.15) is 45.2 Å². The zero-order chi connectivity index (χ0) is 17.9. The minimum absolute atomic E-state index is 0.376. The number of esters is 1. The molecule has 1 aromatic heterocycles. The number of carbonyl (C=O) groups is 2. The first-order chi connectivity index (χ1) is 11.2. The first-order valence-electron chi connectivity index (χ1n) is 8.07. The second-order valence-corrected chi connectivity index (χ2v) is 7.03. The molecule has 24 heavy (non-hydrogen) atoms. The fraction of sp³-hybridized carbons (Fsp3) is 0.588. The molecule has 1 fully saturated rings. The number of nitrogens with two attached hydrogens (primary N) is 1. The lowest BCUT2D eigenvalue weighted by molar-refractivity contribution is -0.167. The molecular formula is C17H25N3O4. The van der Waals surface area contributed by atoms with Crippen LogP contribution in [-0.2, 0) is 14.3 Å². The van der Waals surface area contributed by atoms with E-state index in [1.807, 2.05) is 0 Å². The first-order valence-corrected chi connectivity index (χ1v) is 8.07. The Morgan fingerprint density at radius 3 is 2.54 bits per heavy atom. The van der Waals surface area contributed by atoms with Crippen molar-refractivity contribution in [3.63, 3.8) is 0 Å². The summed E-state index contributed by atoms with van der Waals surface area (Å²) in [7, 11) is 0. The van der Waals surface area contributed by atoms with Crippen molar-refractivity contribution >= 4 is 11.9 Å². The molecule has 0 saturated carbocycles. The molecule has 1 aliphatic rings. The first kappa shape index (κ1) is 18.4. The molecule has 0 spiro atoms. The largest absolute Gasteiger partial charge is 0.480 e. The second kappa shape index (κ2) is 7.27. The maximum Gasteiger partial charge on any atom is 0.325 e. The molecule has 0 amide bonds. The van der Waals surface area contributed by atoms with Gasteiger partial charge in [0.2, 0.25) is 0 Å². The molecule has 3 atom stereocenters. The Hall–Kier alpha value is -1.99. The van der Waals surface area contributed by atoms with E-state index >= 15 is 0 Å². The third kappa shape index (κ3) is 4.30. The van der Waals surface area contributed by atoms with Crippen molar-refractivity contribution in [2.24, 2.45) is 11.7 Å². The Balaban J connectivity index is 2.23. The minimum atomic E-state index is -0.999. The average molecular weight is 335 g/mol. The molecule has 0 aromatic carbocycles. The van der Waals surface area contributed by atoms with Crippen molar-refractivity contribution in [2.75, 3.05) is 6.54 Å². The molecule has 1 saturated heterocycles.